The van der Waals surface area contributed by atoms with Gasteiger partial charge in [0.1, 0.15) is 34.4 Å². The highest BCUT2D eigenvalue weighted by Crippen LogP contribution is 2.59. The number of benzene rings is 3. The lowest BCUT2D eigenvalue weighted by Crippen LogP contribution is -2.80. The van der Waals surface area contributed by atoms with Gasteiger partial charge in [0, 0.05) is 18.7 Å². The summed E-state index contributed by atoms with van der Waals surface area (Å²) in [5, 5.41) is 48.3. The summed E-state index contributed by atoms with van der Waals surface area (Å²) in [6.07, 6.45) is -0.719. The third-order valence-corrected chi connectivity index (χ3v) is 10.2. The Morgan fingerprint density at radius 2 is 1.75 bits per heavy atom. The second-order valence-electron chi connectivity index (χ2n) is 13.5. The molecule has 1 amide bonds. The van der Waals surface area contributed by atoms with Gasteiger partial charge in [-0.2, -0.15) is 5.26 Å². The van der Waals surface area contributed by atoms with Crippen LogP contribution in [0.3, 0.4) is 0 Å². The van der Waals surface area contributed by atoms with Crippen molar-refractivity contribution < 1.29 is 38.8 Å². The van der Waals surface area contributed by atoms with Gasteiger partial charge in [-0.05, 0) is 79.5 Å². The molecule has 0 aromatic heterocycles. The second kappa shape index (κ2) is 12.3. The Bertz CT molecular complexity index is 2140. The van der Waals surface area contributed by atoms with E-state index in [9.17, 15) is 39.4 Å². The molecule has 4 atom stereocenters. The molecule has 3 aliphatic rings. The summed E-state index contributed by atoms with van der Waals surface area (Å²) >= 11 is 0. The van der Waals surface area contributed by atoms with Crippen molar-refractivity contribution in [3.63, 3.8) is 0 Å². The van der Waals surface area contributed by atoms with Gasteiger partial charge in [-0.25, -0.2) is 4.39 Å². The number of nitrogens with zero attached hydrogens (tertiary/aromatic N) is 2. The molecule has 1 saturated carbocycles. The molecule has 1 fully saturated rings. The number of hydrogen-bond acceptors (Lipinski definition) is 12. The lowest BCUT2D eigenvalue weighted by Gasteiger charge is -2.58. The Hall–Kier alpha value is -5.59. The maximum atomic E-state index is 14.7. The van der Waals surface area contributed by atoms with Crippen LogP contribution in [0.25, 0.3) is 16.9 Å². The molecule has 0 aliphatic heterocycles. The number of aliphatic hydroxyl groups excluding tert-OH is 2. The first-order valence-electron chi connectivity index (χ1n) is 16.0. The summed E-state index contributed by atoms with van der Waals surface area (Å²) in [4.78, 5) is 42.1. The normalized spacial score (nSPS) is 25.6. The molecule has 0 spiro atoms. The number of likely N-dealkylation sites (N-methyl/N-ethyl adjacent to an activating group) is 1. The molecule has 0 saturated heterocycles. The molecule has 0 unspecified atom stereocenters. The van der Waals surface area contributed by atoms with Crippen LogP contribution in [-0.4, -0.2) is 76.0 Å². The number of aliphatic hydroxyl groups is 2. The second-order valence-corrected chi connectivity index (χ2v) is 13.5. The van der Waals surface area contributed by atoms with Gasteiger partial charge in [0.25, 0.3) is 5.91 Å². The lowest BCUT2D eigenvalue weighted by molar-refractivity contribution is -0.139. The van der Waals surface area contributed by atoms with Gasteiger partial charge in [-0.3, -0.25) is 19.3 Å². The smallest absolute Gasteiger partial charge is 0.255 e. The monoisotopic (exact) mass is 696 g/mol. The first-order valence-corrected chi connectivity index (χ1v) is 16.0. The van der Waals surface area contributed by atoms with Crippen molar-refractivity contribution in [3.05, 3.63) is 99.6 Å². The van der Waals surface area contributed by atoms with E-state index in [1.54, 1.807) is 30.3 Å². The van der Waals surface area contributed by atoms with E-state index < -0.39 is 74.8 Å². The third-order valence-electron chi connectivity index (χ3n) is 10.2. The number of amides is 1. The Morgan fingerprint density at radius 1 is 1.06 bits per heavy atom. The molecule has 10 N–H and O–H groups in total. The number of phenolic OH excluding ortho intramolecular Hbond substituents is 1. The molecule has 51 heavy (non-hydrogen) atoms. The molecule has 14 heteroatoms. The van der Waals surface area contributed by atoms with Gasteiger partial charge >= 0.3 is 0 Å². The number of ether oxygens (including phenoxy) is 1. The number of hydrogen-bond donors (Lipinski definition) is 7. The van der Waals surface area contributed by atoms with Gasteiger partial charge < -0.3 is 42.6 Å². The number of primary amides is 1. The van der Waals surface area contributed by atoms with Crippen LogP contribution in [0.5, 0.6) is 11.5 Å². The van der Waals surface area contributed by atoms with Crippen molar-refractivity contribution in [3.8, 4) is 28.7 Å². The van der Waals surface area contributed by atoms with Crippen LogP contribution in [0.15, 0.2) is 71.5 Å². The van der Waals surface area contributed by atoms with Crippen molar-refractivity contribution in [2.24, 2.45) is 22.6 Å². The van der Waals surface area contributed by atoms with Crippen molar-refractivity contribution >= 4 is 23.2 Å². The number of methoxy groups -OCH3 is 1. The summed E-state index contributed by atoms with van der Waals surface area (Å²) < 4.78 is 19.4. The van der Waals surface area contributed by atoms with Crippen LogP contribution >= 0.6 is 0 Å². The fraction of sp³-hybridized carbons (Fsp3) is 0.297. The highest BCUT2D eigenvalue weighted by Gasteiger charge is 2.74. The van der Waals surface area contributed by atoms with E-state index in [1.807, 2.05) is 12.1 Å². The Labute approximate surface area is 292 Å². The first-order chi connectivity index (χ1) is 24.1. The summed E-state index contributed by atoms with van der Waals surface area (Å²) in [7, 11) is 4.39. The topological polar surface area (TPSA) is 238 Å². The van der Waals surface area contributed by atoms with Crippen molar-refractivity contribution in [1.82, 2.24) is 10.2 Å². The van der Waals surface area contributed by atoms with Crippen LogP contribution in [0.2, 0.25) is 0 Å². The van der Waals surface area contributed by atoms with Gasteiger partial charge in [-0.1, -0.05) is 24.3 Å². The number of phenols is 1. The number of carbonyl (C=O) groups excluding carboxylic acids is 3. The van der Waals surface area contributed by atoms with Gasteiger partial charge in [-0.15, -0.1) is 0 Å². The highest BCUT2D eigenvalue weighted by atomic mass is 19.1. The summed E-state index contributed by atoms with van der Waals surface area (Å²) in [6, 6.07) is 14.9. The fourth-order valence-electron chi connectivity index (χ4n) is 8.16. The maximum absolute atomic E-state index is 14.7. The minimum Gasteiger partial charge on any atom is -0.509 e. The number of aromatic hydroxyl groups is 1. The molecule has 0 bridgehead atoms. The van der Waals surface area contributed by atoms with Crippen LogP contribution in [-0.2, 0) is 33.9 Å². The summed E-state index contributed by atoms with van der Waals surface area (Å²) in [5.74, 6) is -5.86. The maximum Gasteiger partial charge on any atom is 0.255 e. The molecule has 6 rings (SSSR count). The zero-order chi connectivity index (χ0) is 37.2. The molecule has 0 radical (unpaired) electrons. The number of nitrogens with two attached hydrogens (primary N) is 3. The largest absolute Gasteiger partial charge is 0.509 e. The van der Waals surface area contributed by atoms with E-state index in [0.717, 1.165) is 11.1 Å². The van der Waals surface area contributed by atoms with E-state index in [1.165, 1.54) is 44.3 Å². The molecule has 264 valence electrons. The first kappa shape index (κ1) is 35.2. The quantitative estimate of drug-likeness (QED) is 0.168. The van der Waals surface area contributed by atoms with Gasteiger partial charge in [0.15, 0.2) is 17.0 Å². The Balaban J connectivity index is 1.51. The van der Waals surface area contributed by atoms with Crippen LogP contribution in [0.1, 0.15) is 28.7 Å². The van der Waals surface area contributed by atoms with E-state index >= 15 is 0 Å². The standard InChI is InChI=1S/C37H37FN6O7/c1-44(2)31-30(47)27(34(40)50)32(48)36(17-39)33(49)28-29(46)26-23(13-35(28,41)16-37(31,36)42)21(8-9-24(26)45)22-12-19(7-10-25(22)51-3)15-43-14-18-5-4-6-20(38)11-18/h4-12,31,43,45-46,48H,13-16,41-42H2,1-3H3,(H2,40,50)/t31-,35-,36+,37-/m1/s1. The zero-order valence-electron chi connectivity index (χ0n) is 28.1. The van der Waals surface area contributed by atoms with Crippen LogP contribution < -0.4 is 27.3 Å². The van der Waals surface area contributed by atoms with E-state index in [2.05, 4.69) is 5.32 Å². The molecule has 3 aliphatic carbocycles. The van der Waals surface area contributed by atoms with Crippen LogP contribution in [0, 0.1) is 22.6 Å². The molecular formula is C37H37FN6O7. The van der Waals surface area contributed by atoms with Gasteiger partial charge in [0.2, 0.25) is 0 Å². The number of nitrogens with one attached hydrogen (secondary N) is 1. The molecule has 0 heterocycles. The highest BCUT2D eigenvalue weighted by molar-refractivity contribution is 6.25. The van der Waals surface area contributed by atoms with Crippen molar-refractivity contribution in [2.75, 3.05) is 21.2 Å². The number of rotatable bonds is 8. The number of fused-ring (bicyclic) bond motifs is 3. The molecular weight excluding hydrogens is 659 g/mol. The predicted octanol–water partition coefficient (Wildman–Crippen LogP) is 2.01. The van der Waals surface area contributed by atoms with E-state index in [4.69, 9.17) is 21.9 Å². The zero-order valence-corrected chi connectivity index (χ0v) is 28.1. The number of carbonyl (C=O) groups is 3. The van der Waals surface area contributed by atoms with Gasteiger partial charge in [0.05, 0.1) is 41.4 Å². The van der Waals surface area contributed by atoms with Crippen molar-refractivity contribution in [1.29, 1.82) is 5.26 Å². The number of Topliss-reactive ketones (excluding diaryl/α,β-unsaturated/α-hetero) is 2. The minimum absolute atomic E-state index is 0.138. The van der Waals surface area contributed by atoms with E-state index in [-0.39, 0.29) is 17.8 Å². The lowest BCUT2D eigenvalue weighted by atomic mass is 9.47. The molecule has 3 aromatic carbocycles. The molecule has 3 aromatic rings. The van der Waals surface area contributed by atoms with Crippen LogP contribution in [0.4, 0.5) is 4.39 Å². The summed E-state index contributed by atoms with van der Waals surface area (Å²) in [6.45, 7) is 0.778. The summed E-state index contributed by atoms with van der Waals surface area (Å²) in [5.41, 5.74) is 14.0. The fourth-order valence-corrected chi connectivity index (χ4v) is 8.16. The number of ketones is 2. The third kappa shape index (κ3) is 5.08. The Morgan fingerprint density at radius 3 is 2.35 bits per heavy atom. The number of nitriles is 1. The average Bonchev–Trinajstić information content (AvgIpc) is 3.04. The average molecular weight is 697 g/mol. The van der Waals surface area contributed by atoms with E-state index in [0.29, 0.717) is 35.5 Å². The minimum atomic E-state index is -2.76. The SMILES string of the molecule is COc1ccc(CNCc2cccc(F)c2)cc1-c1ccc(O)c2c1C[C@@]1(N)C[C@@]3(N)[C@H](N(C)C)C(=O)C(C(N)=O)=C(O)[C@@]3(C#N)C(=O)C1=C2O. The number of halogens is 1. The predicted molar refractivity (Wildman–Crippen MR) is 183 cm³/mol. The Kier molecular flexibility index (Phi) is 8.52. The molecule has 13 nitrogen and oxygen atoms in total. The van der Waals surface area contributed by atoms with Crippen molar-refractivity contribution in [2.45, 2.75) is 43.1 Å².